The van der Waals surface area contributed by atoms with E-state index in [1.54, 1.807) is 47.0 Å². The number of hydrogen-bond acceptors (Lipinski definition) is 16. The molecule has 1 N–H and O–H groups in total. The van der Waals surface area contributed by atoms with Gasteiger partial charge in [-0.1, -0.05) is 45.5 Å². The van der Waals surface area contributed by atoms with Crippen molar-refractivity contribution in [3.63, 3.8) is 0 Å². The maximum Gasteiger partial charge on any atom is 0.420 e. The molecule has 0 aromatic carbocycles. The number of furan rings is 2. The van der Waals surface area contributed by atoms with Crippen molar-refractivity contribution in [3.8, 4) is 22.3 Å². The highest BCUT2D eigenvalue weighted by Crippen LogP contribution is 2.40. The summed E-state index contributed by atoms with van der Waals surface area (Å²) in [6.07, 6.45) is 31.6. The molecule has 5 fully saturated rings. The molecule has 0 spiro atoms. The van der Waals surface area contributed by atoms with Gasteiger partial charge in [-0.15, -0.1) is 12.4 Å². The van der Waals surface area contributed by atoms with Crippen molar-refractivity contribution in [2.24, 2.45) is 0 Å². The van der Waals surface area contributed by atoms with Crippen molar-refractivity contribution in [2.75, 3.05) is 85.8 Å². The number of alkyl halides is 6. The van der Waals surface area contributed by atoms with E-state index < -0.39 is 56.7 Å². The highest BCUT2D eigenvalue weighted by molar-refractivity contribution is 7.86. The molecule has 5 aliphatic rings. The average Bonchev–Trinajstić information content (AvgIpc) is 1.62. The number of halogens is 9. The van der Waals surface area contributed by atoms with Crippen LogP contribution in [0.15, 0.2) is 145 Å². The number of pyridine rings is 2. The van der Waals surface area contributed by atoms with Crippen molar-refractivity contribution in [1.82, 2.24) is 81.9 Å². The molecular formula is C69H90Cl3F6N17O7S. The van der Waals surface area contributed by atoms with Gasteiger partial charge in [0.25, 0.3) is 21.9 Å². The van der Waals surface area contributed by atoms with Crippen LogP contribution in [0.3, 0.4) is 0 Å². The molecule has 0 radical (unpaired) electrons. The van der Waals surface area contributed by atoms with E-state index in [4.69, 9.17) is 36.2 Å². The Morgan fingerprint density at radius 1 is 0.524 bits per heavy atom. The summed E-state index contributed by atoms with van der Waals surface area (Å²) in [6, 6.07) is 6.84. The van der Waals surface area contributed by atoms with E-state index in [9.17, 15) is 44.3 Å². The fourth-order valence-electron chi connectivity index (χ4n) is 12.8. The van der Waals surface area contributed by atoms with Crippen LogP contribution in [0.1, 0.15) is 143 Å². The summed E-state index contributed by atoms with van der Waals surface area (Å²) in [5.74, 6) is -0.971. The minimum atomic E-state index is -4.68. The number of piperidine rings is 5. The molecule has 5 aliphatic heterocycles. The van der Waals surface area contributed by atoms with Gasteiger partial charge in [-0.2, -0.15) is 34.8 Å². The molecule has 10 aromatic heterocycles. The Balaban J connectivity index is 0.000000193. The number of fused-ring (bicyclic) bond motifs is 2. The van der Waals surface area contributed by atoms with Crippen LogP contribution >= 0.6 is 35.6 Å². The molecule has 0 aliphatic carbocycles. The van der Waals surface area contributed by atoms with Gasteiger partial charge in [-0.25, -0.2) is 29.9 Å². The summed E-state index contributed by atoms with van der Waals surface area (Å²) in [5, 5.41) is 3.03. The molecule has 2 amide bonds. The first-order valence-corrected chi connectivity index (χ1v) is 35.1. The van der Waals surface area contributed by atoms with Crippen LogP contribution in [0.25, 0.3) is 33.5 Å². The Kier molecular flexibility index (Phi) is 29.2. The van der Waals surface area contributed by atoms with Gasteiger partial charge in [0.1, 0.15) is 10.3 Å². The largest absolute Gasteiger partial charge is 0.472 e. The molecule has 5 saturated heterocycles. The highest BCUT2D eigenvalue weighted by Gasteiger charge is 2.39. The molecule has 24 nitrogen and oxygen atoms in total. The summed E-state index contributed by atoms with van der Waals surface area (Å²) in [4.78, 5) is 58.2. The van der Waals surface area contributed by atoms with Crippen molar-refractivity contribution in [3.05, 3.63) is 169 Å². The summed E-state index contributed by atoms with van der Waals surface area (Å²) in [7, 11) is 0.949. The SMILES string of the molecule is C.C.C.CN1CCC(OS(C)(=O)=O)CC1.CN1CCC(n2ccnc2)CC1.Cl.O=C(c1nc2c(C(F)(F)F)cc(-c3ccoc3)cn2c1Cl)N1CCC(n2ccnc2)CC1.O=C(c1nc2c(C(F)(F)F)cc(-c3ccoc3)cn2c1Cl)N1CCC(n2ccnc2)CC1.c1cn(C2CCNCC2)cn1. The minimum Gasteiger partial charge on any atom is -0.472 e. The van der Waals surface area contributed by atoms with Gasteiger partial charge in [0, 0.05) is 148 Å². The van der Waals surface area contributed by atoms with Crippen LogP contribution in [0, 0.1) is 0 Å². The van der Waals surface area contributed by atoms with Crippen molar-refractivity contribution in [2.45, 2.75) is 129 Å². The molecule has 0 bridgehead atoms. The van der Waals surface area contributed by atoms with E-state index >= 15 is 0 Å². The lowest BCUT2D eigenvalue weighted by Crippen LogP contribution is -2.39. The maximum atomic E-state index is 13.8. The number of carbonyl (C=O) groups is 2. The molecule has 15 rings (SSSR count). The molecule has 0 unspecified atom stereocenters. The highest BCUT2D eigenvalue weighted by atomic mass is 35.5. The smallest absolute Gasteiger partial charge is 0.420 e. The zero-order valence-electron chi connectivity index (χ0n) is 55.1. The topological polar surface area (TPSA) is 235 Å². The van der Waals surface area contributed by atoms with Crippen LogP contribution in [0.2, 0.25) is 10.3 Å². The van der Waals surface area contributed by atoms with E-state index in [0.717, 1.165) is 66.2 Å². The van der Waals surface area contributed by atoms with Gasteiger partial charge in [0.05, 0.1) is 73.8 Å². The Labute approximate surface area is 611 Å². The molecule has 34 heteroatoms. The summed E-state index contributed by atoms with van der Waals surface area (Å²) in [6.45, 7) is 8.31. The zero-order chi connectivity index (χ0) is 70.0. The number of amides is 2. The van der Waals surface area contributed by atoms with E-state index in [0.29, 0.717) is 75.1 Å². The number of imidazole rings is 6. The predicted octanol–water partition coefficient (Wildman–Crippen LogP) is 14.2. The van der Waals surface area contributed by atoms with Crippen molar-refractivity contribution < 1.29 is 57.4 Å². The summed E-state index contributed by atoms with van der Waals surface area (Å²) < 4.78 is 130. The van der Waals surface area contributed by atoms with E-state index in [1.807, 2.05) is 53.6 Å². The molecular weight excluding hydrogens is 1430 g/mol. The first kappa shape index (κ1) is 82.2. The normalized spacial score (nSPS) is 17.0. The van der Waals surface area contributed by atoms with Gasteiger partial charge < -0.3 is 52.0 Å². The second-order valence-electron chi connectivity index (χ2n) is 25.1. The van der Waals surface area contributed by atoms with Gasteiger partial charge >= 0.3 is 12.4 Å². The number of likely N-dealkylation sites (tertiary alicyclic amines) is 4. The Bertz CT molecular complexity index is 4090. The van der Waals surface area contributed by atoms with E-state index in [2.05, 4.69) is 73.6 Å². The number of aromatic nitrogens is 12. The van der Waals surface area contributed by atoms with Crippen molar-refractivity contribution >= 4 is 68.8 Å². The Morgan fingerprint density at radius 3 is 1.16 bits per heavy atom. The minimum absolute atomic E-state index is 0. The van der Waals surface area contributed by atoms with Gasteiger partial charge in [0.2, 0.25) is 0 Å². The summed E-state index contributed by atoms with van der Waals surface area (Å²) in [5.41, 5.74) is -1.75. The second kappa shape index (κ2) is 36.6. The monoisotopic (exact) mass is 1520 g/mol. The predicted molar refractivity (Wildman–Crippen MR) is 384 cm³/mol. The number of nitrogens with zero attached hydrogens (tertiary/aromatic N) is 16. The third-order valence-electron chi connectivity index (χ3n) is 18.3. The van der Waals surface area contributed by atoms with Gasteiger partial charge in [0.15, 0.2) is 22.7 Å². The first-order chi connectivity index (χ1) is 47.4. The van der Waals surface area contributed by atoms with Crippen LogP contribution in [-0.2, 0) is 26.7 Å². The van der Waals surface area contributed by atoms with Crippen LogP contribution < -0.4 is 5.32 Å². The van der Waals surface area contributed by atoms with Crippen LogP contribution in [0.4, 0.5) is 26.3 Å². The Morgan fingerprint density at radius 2 is 0.854 bits per heavy atom. The second-order valence-corrected chi connectivity index (χ2v) is 27.4. The van der Waals surface area contributed by atoms with Gasteiger partial charge in [-0.3, -0.25) is 22.6 Å². The molecule has 10 aromatic rings. The van der Waals surface area contributed by atoms with Crippen LogP contribution in [0.5, 0.6) is 0 Å². The van der Waals surface area contributed by atoms with E-state index in [-0.39, 0.29) is 85.7 Å². The number of hydrogen-bond donors (Lipinski definition) is 1. The molecule has 0 atom stereocenters. The fourth-order valence-corrected chi connectivity index (χ4v) is 14.0. The third kappa shape index (κ3) is 20.9. The third-order valence-corrected chi connectivity index (χ3v) is 19.7. The Hall–Kier alpha value is -8.04. The number of carbonyl (C=O) groups excluding carboxylic acids is 2. The zero-order valence-corrected chi connectivity index (χ0v) is 58.2. The quantitative estimate of drug-likeness (QED) is 0.0990. The van der Waals surface area contributed by atoms with Crippen LogP contribution in [-0.4, -0.2) is 189 Å². The lowest BCUT2D eigenvalue weighted by Gasteiger charge is -2.32. The maximum absolute atomic E-state index is 13.8. The lowest BCUT2D eigenvalue weighted by atomic mass is 10.0. The lowest BCUT2D eigenvalue weighted by molar-refractivity contribution is -0.137. The average molecular weight is 1520 g/mol. The van der Waals surface area contributed by atoms with Gasteiger partial charge in [-0.05, 0) is 129 Å². The molecule has 562 valence electrons. The summed E-state index contributed by atoms with van der Waals surface area (Å²) >= 11 is 12.8. The number of rotatable bonds is 10. The van der Waals surface area contributed by atoms with Crippen molar-refractivity contribution in [1.29, 1.82) is 0 Å². The number of nitrogens with one attached hydrogen (secondary N) is 1. The molecule has 0 saturated carbocycles. The first-order valence-electron chi connectivity index (χ1n) is 32.5. The molecule has 15 heterocycles. The molecule has 103 heavy (non-hydrogen) atoms. The standard InChI is InChI=1S/2C21H17ClF3N5O2.C9H15N3.C8H13N3.C7H15NO3S.3CH4.ClH/c2*22-18-17(20(31)28-5-1-15(2-6-28)29-7-4-26-12-29)27-19-16(21(23,24)25)9-14(10-30(18)19)13-3-8-32-11-13;1-11-5-2-9(3-6-11)12-7-4-10-8-12;1-3-9-4-2-8(1)11-6-5-10-7-11;1-8-5-3-7(4-6-8)11-12(2,9)10;;;;/h2*3-4,7-12,15H,1-2,5-6H2;4,7-9H,2-3,5-6H2,1H3;5-9H,1-4H2;7H,3-6H2,1-2H3;3*1H4;1H. The fraction of sp³-hybridized carbons (Fsp3) is 0.478. The van der Waals surface area contributed by atoms with E-state index in [1.165, 1.54) is 76.2 Å².